The molecule has 0 bridgehead atoms. The third-order valence-corrected chi connectivity index (χ3v) is 6.89. The van der Waals surface area contributed by atoms with Crippen molar-refractivity contribution in [1.29, 1.82) is 0 Å². The predicted molar refractivity (Wildman–Crippen MR) is 122 cm³/mol. The fraction of sp³-hybridized carbons (Fsp3) is 0.364. The van der Waals surface area contributed by atoms with E-state index in [0.29, 0.717) is 22.5 Å². The van der Waals surface area contributed by atoms with Gasteiger partial charge in [0.05, 0.1) is 40.6 Å². The Morgan fingerprint density at radius 1 is 1.09 bits per heavy atom. The molecule has 1 saturated heterocycles. The standard InChI is InChI=1S/C22H21F2N7OS/c1-12-20(33-13(2)28-12)18-5-6-19(32)31(29-18)8-15-16(23)9-30(10-17(15)24)22-14-4-3-7-25-21(14)26-11-27-22/h3-7,11,15-17H,8-10H2,1-2H3. The monoisotopic (exact) mass is 469 g/mol. The van der Waals surface area contributed by atoms with Crippen LogP contribution in [-0.4, -0.2) is 55.1 Å². The Morgan fingerprint density at radius 3 is 2.61 bits per heavy atom. The van der Waals surface area contributed by atoms with Crippen molar-refractivity contribution < 1.29 is 8.78 Å². The van der Waals surface area contributed by atoms with Gasteiger partial charge in [0.15, 0.2) is 5.65 Å². The average Bonchev–Trinajstić information content (AvgIpc) is 3.14. The number of piperidine rings is 1. The molecule has 0 aliphatic carbocycles. The van der Waals surface area contributed by atoms with Crippen LogP contribution >= 0.6 is 11.3 Å². The van der Waals surface area contributed by atoms with Crippen LogP contribution in [0, 0.1) is 19.8 Å². The van der Waals surface area contributed by atoms with Crippen LogP contribution in [0.4, 0.5) is 14.6 Å². The van der Waals surface area contributed by atoms with Gasteiger partial charge in [-0.1, -0.05) is 0 Å². The second-order valence-corrected chi connectivity index (χ2v) is 9.26. The molecule has 1 aliphatic heterocycles. The molecule has 11 heteroatoms. The van der Waals surface area contributed by atoms with Gasteiger partial charge >= 0.3 is 0 Å². The summed E-state index contributed by atoms with van der Waals surface area (Å²) in [5.74, 6) is -0.553. The third-order valence-electron chi connectivity index (χ3n) is 5.79. The first kappa shape index (κ1) is 21.5. The minimum Gasteiger partial charge on any atom is -0.350 e. The molecule has 0 spiro atoms. The van der Waals surface area contributed by atoms with Crippen LogP contribution in [0.5, 0.6) is 0 Å². The molecule has 5 heterocycles. The molecule has 1 fully saturated rings. The number of aromatic nitrogens is 6. The van der Waals surface area contributed by atoms with E-state index in [9.17, 15) is 4.79 Å². The van der Waals surface area contributed by atoms with Gasteiger partial charge in [0.25, 0.3) is 5.56 Å². The first-order valence-electron chi connectivity index (χ1n) is 10.5. The van der Waals surface area contributed by atoms with Crippen molar-refractivity contribution in [3.63, 3.8) is 0 Å². The van der Waals surface area contributed by atoms with Gasteiger partial charge in [-0.3, -0.25) is 4.79 Å². The minimum absolute atomic E-state index is 0.0479. The largest absolute Gasteiger partial charge is 0.350 e. The number of alkyl halides is 2. The number of halogens is 2. The number of rotatable bonds is 4. The van der Waals surface area contributed by atoms with E-state index < -0.39 is 23.8 Å². The number of nitrogens with zero attached hydrogens (tertiary/aromatic N) is 7. The Labute approximate surface area is 192 Å². The number of hydrogen-bond acceptors (Lipinski definition) is 8. The Kier molecular flexibility index (Phi) is 5.57. The molecule has 1 aliphatic rings. The minimum atomic E-state index is -1.51. The lowest BCUT2D eigenvalue weighted by Crippen LogP contribution is -2.51. The summed E-state index contributed by atoms with van der Waals surface area (Å²) in [7, 11) is 0. The molecule has 0 amide bonds. The molecule has 33 heavy (non-hydrogen) atoms. The van der Waals surface area contributed by atoms with E-state index in [0.717, 1.165) is 20.3 Å². The van der Waals surface area contributed by atoms with Gasteiger partial charge in [0, 0.05) is 18.2 Å². The second kappa shape index (κ2) is 8.54. The molecule has 4 aromatic heterocycles. The van der Waals surface area contributed by atoms with Crippen LogP contribution in [0.15, 0.2) is 41.6 Å². The summed E-state index contributed by atoms with van der Waals surface area (Å²) in [6, 6.07) is 6.52. The number of hydrogen-bond donors (Lipinski definition) is 0. The van der Waals surface area contributed by atoms with Crippen LogP contribution in [0.1, 0.15) is 10.7 Å². The smallest absolute Gasteiger partial charge is 0.266 e. The zero-order valence-electron chi connectivity index (χ0n) is 18.0. The van der Waals surface area contributed by atoms with E-state index >= 15 is 8.78 Å². The molecule has 8 nitrogen and oxygen atoms in total. The van der Waals surface area contributed by atoms with Crippen molar-refractivity contribution >= 4 is 28.2 Å². The van der Waals surface area contributed by atoms with E-state index in [4.69, 9.17) is 0 Å². The van der Waals surface area contributed by atoms with E-state index in [1.165, 1.54) is 23.7 Å². The number of aryl methyl sites for hydroxylation is 2. The van der Waals surface area contributed by atoms with Crippen molar-refractivity contribution in [2.75, 3.05) is 18.0 Å². The van der Waals surface area contributed by atoms with E-state index in [1.807, 2.05) is 13.8 Å². The molecule has 4 aromatic rings. The van der Waals surface area contributed by atoms with Crippen LogP contribution in [0.25, 0.3) is 21.6 Å². The number of thiazole rings is 1. The Balaban J connectivity index is 1.39. The van der Waals surface area contributed by atoms with Gasteiger partial charge in [-0.05, 0) is 32.0 Å². The van der Waals surface area contributed by atoms with Crippen LogP contribution in [0.3, 0.4) is 0 Å². The maximum absolute atomic E-state index is 15.3. The average molecular weight is 470 g/mol. The Morgan fingerprint density at radius 2 is 1.88 bits per heavy atom. The lowest BCUT2D eigenvalue weighted by atomic mass is 9.93. The zero-order valence-corrected chi connectivity index (χ0v) is 18.8. The van der Waals surface area contributed by atoms with Crippen molar-refractivity contribution in [3.05, 3.63) is 57.8 Å². The molecule has 0 saturated carbocycles. The van der Waals surface area contributed by atoms with Crippen LogP contribution in [-0.2, 0) is 6.54 Å². The lowest BCUT2D eigenvalue weighted by Gasteiger charge is -2.38. The highest BCUT2D eigenvalue weighted by Gasteiger charge is 2.39. The lowest BCUT2D eigenvalue weighted by molar-refractivity contribution is 0.0866. The highest BCUT2D eigenvalue weighted by molar-refractivity contribution is 7.15. The van der Waals surface area contributed by atoms with Crippen molar-refractivity contribution in [1.82, 2.24) is 29.7 Å². The normalized spacial score (nSPS) is 21.0. The van der Waals surface area contributed by atoms with Gasteiger partial charge in [-0.15, -0.1) is 11.3 Å². The molecule has 0 aromatic carbocycles. The van der Waals surface area contributed by atoms with E-state index in [1.54, 1.807) is 29.3 Å². The highest BCUT2D eigenvalue weighted by Crippen LogP contribution is 2.31. The summed E-state index contributed by atoms with van der Waals surface area (Å²) >= 11 is 1.47. The summed E-state index contributed by atoms with van der Waals surface area (Å²) in [4.78, 5) is 31.8. The van der Waals surface area contributed by atoms with Crippen LogP contribution < -0.4 is 10.5 Å². The first-order chi connectivity index (χ1) is 15.9. The number of anilines is 1. The van der Waals surface area contributed by atoms with Gasteiger partial charge in [-0.25, -0.2) is 33.4 Å². The summed E-state index contributed by atoms with van der Waals surface area (Å²) in [5, 5.41) is 5.92. The van der Waals surface area contributed by atoms with Gasteiger partial charge < -0.3 is 4.90 Å². The van der Waals surface area contributed by atoms with E-state index in [2.05, 4.69) is 25.0 Å². The third kappa shape index (κ3) is 4.08. The van der Waals surface area contributed by atoms with Gasteiger partial charge in [0.2, 0.25) is 0 Å². The molecular weight excluding hydrogens is 448 g/mol. The van der Waals surface area contributed by atoms with Crippen molar-refractivity contribution in [2.24, 2.45) is 5.92 Å². The fourth-order valence-corrected chi connectivity index (χ4v) is 5.08. The SMILES string of the molecule is Cc1nc(C)c(-c2ccc(=O)n(CC3C(F)CN(c4ncnc5ncccc45)CC3F)n2)s1. The Hall–Kier alpha value is -3.34. The van der Waals surface area contributed by atoms with Gasteiger partial charge in [-0.2, -0.15) is 5.10 Å². The molecular formula is C22H21F2N7OS. The highest BCUT2D eigenvalue weighted by atomic mass is 32.1. The molecule has 5 rings (SSSR count). The Bertz CT molecular complexity index is 1360. The summed E-state index contributed by atoms with van der Waals surface area (Å²) in [6.07, 6.45) is -0.0785. The predicted octanol–water partition coefficient (Wildman–Crippen LogP) is 3.13. The maximum atomic E-state index is 15.3. The topological polar surface area (TPSA) is 89.7 Å². The van der Waals surface area contributed by atoms with Crippen molar-refractivity contribution in [2.45, 2.75) is 32.7 Å². The fourth-order valence-electron chi connectivity index (χ4n) is 4.20. The quantitative estimate of drug-likeness (QED) is 0.454. The zero-order chi connectivity index (χ0) is 23.1. The molecule has 2 atom stereocenters. The summed E-state index contributed by atoms with van der Waals surface area (Å²) in [6.45, 7) is 3.52. The van der Waals surface area contributed by atoms with Crippen molar-refractivity contribution in [3.8, 4) is 10.6 Å². The molecule has 170 valence electrons. The molecule has 0 N–H and O–H groups in total. The second-order valence-electron chi connectivity index (χ2n) is 8.06. The van der Waals surface area contributed by atoms with Gasteiger partial charge in [0.1, 0.15) is 30.2 Å². The van der Waals surface area contributed by atoms with Crippen LogP contribution in [0.2, 0.25) is 0 Å². The summed E-state index contributed by atoms with van der Waals surface area (Å²) < 4.78 is 31.7. The first-order valence-corrected chi connectivity index (χ1v) is 11.3. The molecule has 2 unspecified atom stereocenters. The molecule has 0 radical (unpaired) electrons. The summed E-state index contributed by atoms with van der Waals surface area (Å²) in [5.41, 5.74) is 1.45. The number of pyridine rings is 1. The van der Waals surface area contributed by atoms with E-state index in [-0.39, 0.29) is 19.6 Å². The maximum Gasteiger partial charge on any atom is 0.266 e. The number of fused-ring (bicyclic) bond motifs is 1.